The highest BCUT2D eigenvalue weighted by molar-refractivity contribution is 7.90. The molecule has 1 rings (SSSR count). The second-order valence-corrected chi connectivity index (χ2v) is 7.84. The summed E-state index contributed by atoms with van der Waals surface area (Å²) in [6, 6.07) is 2.79. The van der Waals surface area contributed by atoms with Crippen molar-refractivity contribution >= 4 is 11.4 Å². The first kappa shape index (κ1) is 17.3. The number of rotatable bonds is 4. The van der Waals surface area contributed by atoms with Crippen molar-refractivity contribution < 1.29 is 17.7 Å². The quantitative estimate of drug-likeness (QED) is 0.852. The van der Waals surface area contributed by atoms with E-state index >= 15 is 0 Å². The molecule has 0 amide bonds. The van der Waals surface area contributed by atoms with Crippen molar-refractivity contribution in [3.05, 3.63) is 35.1 Å². The Hall–Kier alpha value is -0.720. The minimum Gasteiger partial charge on any atom is -0.598 e. The van der Waals surface area contributed by atoms with Crippen LogP contribution in [0.4, 0.5) is 13.2 Å². The molecule has 0 aliphatic rings. The Morgan fingerprint density at radius 3 is 2.15 bits per heavy atom. The first-order chi connectivity index (χ1) is 8.93. The van der Waals surface area contributed by atoms with Gasteiger partial charge in [-0.2, -0.15) is 0 Å². The predicted molar refractivity (Wildman–Crippen MR) is 75.4 cm³/mol. The first-order valence-electron chi connectivity index (χ1n) is 6.28. The molecule has 2 atom stereocenters. The lowest BCUT2D eigenvalue weighted by Crippen LogP contribution is -2.40. The zero-order valence-corrected chi connectivity index (χ0v) is 13.1. The van der Waals surface area contributed by atoms with E-state index in [4.69, 9.17) is 0 Å². The van der Waals surface area contributed by atoms with E-state index in [2.05, 4.69) is 4.72 Å². The summed E-state index contributed by atoms with van der Waals surface area (Å²) < 4.78 is 54.3. The van der Waals surface area contributed by atoms with Crippen molar-refractivity contribution in [3.8, 4) is 0 Å². The van der Waals surface area contributed by atoms with Gasteiger partial charge in [0.25, 0.3) is 5.92 Å². The number of nitrogens with one attached hydrogen (secondary N) is 1. The zero-order valence-electron chi connectivity index (χ0n) is 12.3. The van der Waals surface area contributed by atoms with Gasteiger partial charge in [0.15, 0.2) is 0 Å². The maximum Gasteiger partial charge on any atom is 0.270 e. The van der Waals surface area contributed by atoms with Gasteiger partial charge in [-0.1, -0.05) is 12.1 Å². The summed E-state index contributed by atoms with van der Waals surface area (Å²) in [6.45, 7) is 7.74. The van der Waals surface area contributed by atoms with Gasteiger partial charge in [-0.15, -0.1) is 4.72 Å². The first-order valence-corrected chi connectivity index (χ1v) is 7.43. The number of hydrogen-bond donors (Lipinski definition) is 1. The molecular formula is C14H20F3NOS. The second-order valence-electron chi connectivity index (χ2n) is 5.85. The molecule has 0 radical (unpaired) electrons. The molecule has 0 aliphatic carbocycles. The summed E-state index contributed by atoms with van der Waals surface area (Å²) in [5.74, 6) is -3.81. The summed E-state index contributed by atoms with van der Waals surface area (Å²) in [7, 11) is 0. The summed E-state index contributed by atoms with van der Waals surface area (Å²) in [4.78, 5) is 0. The van der Waals surface area contributed by atoms with Crippen LogP contribution in [0.15, 0.2) is 18.2 Å². The maximum absolute atomic E-state index is 13.9. The number of hydrogen-bond acceptors (Lipinski definition) is 2. The molecule has 1 aromatic carbocycles. The lowest BCUT2D eigenvalue weighted by molar-refractivity contribution is 0.0171. The van der Waals surface area contributed by atoms with Crippen molar-refractivity contribution in [3.63, 3.8) is 0 Å². The molecule has 2 unspecified atom stereocenters. The van der Waals surface area contributed by atoms with Crippen LogP contribution in [0.2, 0.25) is 0 Å². The predicted octanol–water partition coefficient (Wildman–Crippen LogP) is 4.05. The van der Waals surface area contributed by atoms with Gasteiger partial charge in [-0.05, 0) is 33.8 Å². The molecule has 0 fully saturated rings. The van der Waals surface area contributed by atoms with Crippen LogP contribution in [0.25, 0.3) is 0 Å². The number of halogens is 3. The summed E-state index contributed by atoms with van der Waals surface area (Å²) in [5, 5.41) is 0. The number of benzene rings is 1. The Balaban J connectivity index is 2.93. The van der Waals surface area contributed by atoms with Gasteiger partial charge in [0, 0.05) is 29.4 Å². The van der Waals surface area contributed by atoms with Crippen molar-refractivity contribution in [2.45, 2.75) is 51.3 Å². The SMILES string of the molecule is CC(N[S+]([O-])C(C)(C)C)c1ccc(C(C)(F)F)cc1F. The minimum atomic E-state index is -3.08. The minimum absolute atomic E-state index is 0.218. The highest BCUT2D eigenvalue weighted by Crippen LogP contribution is 2.30. The fraction of sp³-hybridized carbons (Fsp3) is 0.571. The Labute approximate surface area is 121 Å². The second kappa shape index (κ2) is 5.95. The van der Waals surface area contributed by atoms with Crippen LogP contribution in [-0.2, 0) is 17.3 Å². The van der Waals surface area contributed by atoms with Crippen LogP contribution in [0.1, 0.15) is 51.8 Å². The molecule has 0 aromatic heterocycles. The highest BCUT2D eigenvalue weighted by atomic mass is 32.2. The van der Waals surface area contributed by atoms with Crippen LogP contribution in [0.3, 0.4) is 0 Å². The third-order valence-electron chi connectivity index (χ3n) is 2.81. The summed E-state index contributed by atoms with van der Waals surface area (Å²) in [5.41, 5.74) is -0.154. The van der Waals surface area contributed by atoms with E-state index in [0.29, 0.717) is 0 Å². The summed E-state index contributed by atoms with van der Waals surface area (Å²) in [6.07, 6.45) is 0. The van der Waals surface area contributed by atoms with E-state index in [1.165, 1.54) is 12.1 Å². The molecule has 0 saturated heterocycles. The molecule has 0 bridgehead atoms. The largest absolute Gasteiger partial charge is 0.598 e. The van der Waals surface area contributed by atoms with E-state index < -0.39 is 33.9 Å². The van der Waals surface area contributed by atoms with Crippen LogP contribution < -0.4 is 4.72 Å². The lowest BCUT2D eigenvalue weighted by Gasteiger charge is -2.26. The third kappa shape index (κ3) is 4.40. The van der Waals surface area contributed by atoms with Gasteiger partial charge in [0.2, 0.25) is 0 Å². The van der Waals surface area contributed by atoms with Crippen LogP contribution in [0, 0.1) is 5.82 Å². The topological polar surface area (TPSA) is 35.1 Å². The van der Waals surface area contributed by atoms with E-state index in [1.807, 2.05) is 0 Å². The van der Waals surface area contributed by atoms with Crippen molar-refractivity contribution in [1.29, 1.82) is 0 Å². The van der Waals surface area contributed by atoms with Gasteiger partial charge >= 0.3 is 0 Å². The summed E-state index contributed by atoms with van der Waals surface area (Å²) >= 11 is -1.36. The fourth-order valence-corrected chi connectivity index (χ4v) is 2.35. The Morgan fingerprint density at radius 1 is 1.20 bits per heavy atom. The van der Waals surface area contributed by atoms with E-state index in [-0.39, 0.29) is 11.1 Å². The normalized spacial score (nSPS) is 16.1. The van der Waals surface area contributed by atoms with Gasteiger partial charge < -0.3 is 4.55 Å². The van der Waals surface area contributed by atoms with Crippen LogP contribution in [-0.4, -0.2) is 9.30 Å². The Bertz CT molecular complexity index is 468. The molecule has 2 nitrogen and oxygen atoms in total. The third-order valence-corrected chi connectivity index (χ3v) is 4.49. The average Bonchev–Trinajstić information content (AvgIpc) is 2.25. The lowest BCUT2D eigenvalue weighted by atomic mass is 10.0. The monoisotopic (exact) mass is 307 g/mol. The van der Waals surface area contributed by atoms with Crippen molar-refractivity contribution in [2.75, 3.05) is 0 Å². The highest BCUT2D eigenvalue weighted by Gasteiger charge is 2.30. The molecule has 20 heavy (non-hydrogen) atoms. The number of alkyl halides is 2. The van der Waals surface area contributed by atoms with Crippen LogP contribution in [0.5, 0.6) is 0 Å². The van der Waals surface area contributed by atoms with Crippen LogP contribution >= 0.6 is 0 Å². The standard InChI is InChI=1S/C14H20F3NOS/c1-9(18-20(19)13(2,3)4)11-7-6-10(8-12(11)15)14(5,16)17/h6-9,18H,1-5H3. The molecule has 0 aliphatic heterocycles. The Kier molecular flexibility index (Phi) is 5.16. The molecule has 114 valence electrons. The zero-order chi connectivity index (χ0) is 15.7. The maximum atomic E-state index is 13.9. The molecule has 0 heterocycles. The van der Waals surface area contributed by atoms with Gasteiger partial charge in [-0.3, -0.25) is 0 Å². The van der Waals surface area contributed by atoms with Crippen molar-refractivity contribution in [1.82, 2.24) is 4.72 Å². The fourth-order valence-electron chi connectivity index (χ4n) is 1.55. The van der Waals surface area contributed by atoms with E-state index in [0.717, 1.165) is 13.0 Å². The van der Waals surface area contributed by atoms with Gasteiger partial charge in [-0.25, -0.2) is 13.2 Å². The molecule has 6 heteroatoms. The van der Waals surface area contributed by atoms with Gasteiger partial charge in [0.05, 0.1) is 6.04 Å². The van der Waals surface area contributed by atoms with E-state index in [1.54, 1.807) is 27.7 Å². The molecule has 1 N–H and O–H groups in total. The van der Waals surface area contributed by atoms with Gasteiger partial charge in [0.1, 0.15) is 10.6 Å². The Morgan fingerprint density at radius 2 is 1.75 bits per heavy atom. The van der Waals surface area contributed by atoms with Crippen molar-refractivity contribution in [2.24, 2.45) is 0 Å². The molecule has 0 saturated carbocycles. The molecule has 1 aromatic rings. The molecule has 0 spiro atoms. The average molecular weight is 307 g/mol. The smallest absolute Gasteiger partial charge is 0.270 e. The molecular weight excluding hydrogens is 287 g/mol. The van der Waals surface area contributed by atoms with E-state index in [9.17, 15) is 17.7 Å².